The number of hydrogen-bond acceptors (Lipinski definition) is 3. The number of nitrogens with two attached hydrogens (primary N) is 1. The third-order valence-corrected chi connectivity index (χ3v) is 4.02. The fourth-order valence-electron chi connectivity index (χ4n) is 2.69. The third-order valence-electron chi connectivity index (χ3n) is 3.78. The molecule has 1 saturated carbocycles. The molecule has 0 unspecified atom stereocenters. The molecule has 0 saturated heterocycles. The first-order chi connectivity index (χ1) is 10.1. The van der Waals surface area contributed by atoms with Gasteiger partial charge in [0, 0.05) is 17.3 Å². The summed E-state index contributed by atoms with van der Waals surface area (Å²) in [7, 11) is 0. The fraction of sp³-hybridized carbons (Fsp3) is 0.333. The predicted octanol–water partition coefficient (Wildman–Crippen LogP) is 2.38. The molecule has 0 aliphatic heterocycles. The van der Waals surface area contributed by atoms with Crippen molar-refractivity contribution < 1.29 is 4.79 Å². The summed E-state index contributed by atoms with van der Waals surface area (Å²) in [5.41, 5.74) is 7.35. The van der Waals surface area contributed by atoms with Crippen molar-refractivity contribution in [3.05, 3.63) is 47.2 Å². The highest BCUT2D eigenvalue weighted by atomic mass is 35.5. The van der Waals surface area contributed by atoms with Crippen molar-refractivity contribution in [2.75, 3.05) is 5.32 Å². The van der Waals surface area contributed by atoms with E-state index in [1.165, 1.54) is 10.2 Å². The molecule has 1 heterocycles. The van der Waals surface area contributed by atoms with Crippen LogP contribution in [0.1, 0.15) is 24.3 Å². The minimum absolute atomic E-state index is 0.109. The smallest absolute Gasteiger partial charge is 0.239 e. The molecule has 0 bridgehead atoms. The number of hydrogen-bond donors (Lipinski definition) is 2. The summed E-state index contributed by atoms with van der Waals surface area (Å²) in [6, 6.07) is 8.48. The molecule has 1 aliphatic rings. The van der Waals surface area contributed by atoms with Gasteiger partial charge >= 0.3 is 0 Å². The minimum Gasteiger partial charge on any atom is -0.380 e. The first-order valence-electron chi connectivity index (χ1n) is 6.93. The molecule has 0 spiro atoms. The van der Waals surface area contributed by atoms with Crippen molar-refractivity contribution in [3.63, 3.8) is 0 Å². The molecule has 110 valence electrons. The quantitative estimate of drug-likeness (QED) is 0.890. The van der Waals surface area contributed by atoms with E-state index in [4.69, 9.17) is 17.3 Å². The van der Waals surface area contributed by atoms with E-state index in [2.05, 4.69) is 16.5 Å². The van der Waals surface area contributed by atoms with Crippen molar-refractivity contribution in [2.45, 2.75) is 31.3 Å². The largest absolute Gasteiger partial charge is 0.380 e. The van der Waals surface area contributed by atoms with Crippen LogP contribution < -0.4 is 11.1 Å². The number of nitrogens with zero attached hydrogens (tertiary/aromatic N) is 2. The lowest BCUT2D eigenvalue weighted by atomic mass is 9.76. The van der Waals surface area contributed by atoms with Crippen molar-refractivity contribution in [1.82, 2.24) is 9.78 Å². The molecule has 6 heteroatoms. The Labute approximate surface area is 128 Å². The second kappa shape index (κ2) is 5.77. The van der Waals surface area contributed by atoms with E-state index in [0.29, 0.717) is 12.0 Å². The van der Waals surface area contributed by atoms with Crippen LogP contribution in [0.5, 0.6) is 0 Å². The van der Waals surface area contributed by atoms with Gasteiger partial charge in [0.25, 0.3) is 0 Å². The number of benzene rings is 1. The van der Waals surface area contributed by atoms with Crippen molar-refractivity contribution >= 4 is 23.2 Å². The Morgan fingerprint density at radius 1 is 1.48 bits per heavy atom. The van der Waals surface area contributed by atoms with Crippen LogP contribution in [0.2, 0.25) is 5.02 Å². The van der Waals surface area contributed by atoms with Crippen LogP contribution in [-0.2, 0) is 11.3 Å². The van der Waals surface area contributed by atoms with Crippen LogP contribution in [0, 0.1) is 0 Å². The lowest BCUT2D eigenvalue weighted by molar-refractivity contribution is -0.118. The van der Waals surface area contributed by atoms with Crippen LogP contribution >= 0.6 is 11.6 Å². The van der Waals surface area contributed by atoms with Crippen molar-refractivity contribution in [2.24, 2.45) is 5.73 Å². The average molecular weight is 305 g/mol. The van der Waals surface area contributed by atoms with Crippen molar-refractivity contribution in [3.8, 4) is 0 Å². The summed E-state index contributed by atoms with van der Waals surface area (Å²) in [6.45, 7) is 0.109. The summed E-state index contributed by atoms with van der Waals surface area (Å²) in [6.07, 6.45) is 5.66. The predicted molar refractivity (Wildman–Crippen MR) is 82.3 cm³/mol. The highest BCUT2D eigenvalue weighted by molar-refractivity contribution is 6.30. The zero-order valence-electron chi connectivity index (χ0n) is 11.5. The molecular weight excluding hydrogens is 288 g/mol. The second-order valence-electron chi connectivity index (χ2n) is 5.46. The highest BCUT2D eigenvalue weighted by Gasteiger charge is 2.30. The van der Waals surface area contributed by atoms with Crippen LogP contribution in [0.3, 0.4) is 0 Å². The second-order valence-corrected chi connectivity index (χ2v) is 5.89. The number of rotatable bonds is 5. The Kier molecular flexibility index (Phi) is 3.84. The number of anilines is 1. The SMILES string of the molecule is NC(=O)Cn1cc(NC2CC(c3cccc(Cl)c3)C2)cn1. The molecule has 1 aromatic carbocycles. The lowest BCUT2D eigenvalue weighted by Gasteiger charge is -2.36. The van der Waals surface area contributed by atoms with E-state index in [9.17, 15) is 4.79 Å². The minimum atomic E-state index is -0.394. The van der Waals surface area contributed by atoms with Crippen LogP contribution in [0.15, 0.2) is 36.7 Å². The van der Waals surface area contributed by atoms with Gasteiger partial charge < -0.3 is 11.1 Å². The Balaban J connectivity index is 1.53. The molecular formula is C15H17ClN4O. The van der Waals surface area contributed by atoms with Gasteiger partial charge in [-0.15, -0.1) is 0 Å². The summed E-state index contributed by atoms with van der Waals surface area (Å²) in [4.78, 5) is 10.8. The first kappa shape index (κ1) is 13.9. The Morgan fingerprint density at radius 3 is 3.00 bits per heavy atom. The molecule has 1 amide bonds. The van der Waals surface area contributed by atoms with Crippen LogP contribution in [-0.4, -0.2) is 21.7 Å². The molecule has 1 aromatic heterocycles. The molecule has 3 N–H and O–H groups in total. The summed E-state index contributed by atoms with van der Waals surface area (Å²) >= 11 is 6.02. The lowest BCUT2D eigenvalue weighted by Crippen LogP contribution is -2.33. The number of carbonyl (C=O) groups excluding carboxylic acids is 1. The molecule has 1 fully saturated rings. The summed E-state index contributed by atoms with van der Waals surface area (Å²) < 4.78 is 1.54. The van der Waals surface area contributed by atoms with Crippen LogP contribution in [0.4, 0.5) is 5.69 Å². The molecule has 0 atom stereocenters. The van der Waals surface area contributed by atoms with Gasteiger partial charge in [0.1, 0.15) is 6.54 Å². The average Bonchev–Trinajstić information content (AvgIpc) is 2.79. The van der Waals surface area contributed by atoms with E-state index in [1.54, 1.807) is 12.4 Å². The topological polar surface area (TPSA) is 72.9 Å². The molecule has 5 nitrogen and oxygen atoms in total. The van der Waals surface area contributed by atoms with E-state index in [0.717, 1.165) is 23.6 Å². The van der Waals surface area contributed by atoms with Crippen molar-refractivity contribution in [1.29, 1.82) is 0 Å². The monoisotopic (exact) mass is 304 g/mol. The number of amides is 1. The molecule has 21 heavy (non-hydrogen) atoms. The van der Waals surface area contributed by atoms with Gasteiger partial charge in [-0.1, -0.05) is 23.7 Å². The Morgan fingerprint density at radius 2 is 2.29 bits per heavy atom. The van der Waals surface area contributed by atoms with Gasteiger partial charge in [-0.25, -0.2) is 0 Å². The molecule has 0 radical (unpaired) electrons. The fourth-order valence-corrected chi connectivity index (χ4v) is 2.89. The van der Waals surface area contributed by atoms with Gasteiger partial charge in [-0.2, -0.15) is 5.10 Å². The number of primary amides is 1. The van der Waals surface area contributed by atoms with E-state index in [-0.39, 0.29) is 6.54 Å². The number of aromatic nitrogens is 2. The Bertz CT molecular complexity index is 649. The van der Waals surface area contributed by atoms with Gasteiger partial charge in [-0.05, 0) is 36.5 Å². The standard InChI is InChI=1S/C15H17ClN4O/c16-12-3-1-2-10(4-12)11-5-13(6-11)19-14-7-18-20(8-14)9-15(17)21/h1-4,7-8,11,13,19H,5-6,9H2,(H2,17,21). The summed E-state index contributed by atoms with van der Waals surface area (Å²) in [5, 5.41) is 8.30. The normalized spacial score (nSPS) is 20.8. The number of nitrogens with one attached hydrogen (secondary N) is 1. The third kappa shape index (κ3) is 3.36. The highest BCUT2D eigenvalue weighted by Crippen LogP contribution is 2.39. The zero-order valence-corrected chi connectivity index (χ0v) is 12.3. The zero-order chi connectivity index (χ0) is 14.8. The maximum Gasteiger partial charge on any atom is 0.239 e. The van der Waals surface area contributed by atoms with Gasteiger partial charge in [0.2, 0.25) is 5.91 Å². The Hall–Kier alpha value is -2.01. The number of carbonyl (C=O) groups is 1. The first-order valence-corrected chi connectivity index (χ1v) is 7.30. The van der Waals surface area contributed by atoms with Crippen LogP contribution in [0.25, 0.3) is 0 Å². The molecule has 2 aromatic rings. The van der Waals surface area contributed by atoms with Gasteiger partial charge in [0.15, 0.2) is 0 Å². The van der Waals surface area contributed by atoms with E-state index < -0.39 is 5.91 Å². The summed E-state index contributed by atoms with van der Waals surface area (Å²) in [5.74, 6) is 0.163. The molecule has 3 rings (SSSR count). The van der Waals surface area contributed by atoms with Gasteiger partial charge in [-0.3, -0.25) is 9.48 Å². The number of halogens is 1. The molecule has 1 aliphatic carbocycles. The van der Waals surface area contributed by atoms with Gasteiger partial charge in [0.05, 0.1) is 11.9 Å². The maximum absolute atomic E-state index is 10.8. The maximum atomic E-state index is 10.8. The van der Waals surface area contributed by atoms with E-state index >= 15 is 0 Å². The van der Waals surface area contributed by atoms with E-state index in [1.807, 2.05) is 18.2 Å².